The smallest absolute Gasteiger partial charge is 0.191 e. The molecule has 7 nitrogen and oxygen atoms in total. The Morgan fingerprint density at radius 2 is 1.88 bits per heavy atom. The molecule has 0 radical (unpaired) electrons. The number of benzene rings is 1. The second kappa shape index (κ2) is 8.60. The molecule has 1 aliphatic rings. The summed E-state index contributed by atoms with van der Waals surface area (Å²) in [6, 6.07) is 7.95. The topological polar surface area (TPSA) is 80.9 Å². The number of rotatable bonds is 5. The lowest BCUT2D eigenvalue weighted by Gasteiger charge is -2.12. The van der Waals surface area contributed by atoms with E-state index in [4.69, 9.17) is 14.0 Å². The normalized spacial score (nSPS) is 14.2. The Labute approximate surface area is 153 Å². The highest BCUT2D eigenvalue weighted by atomic mass is 16.5. The first-order valence-corrected chi connectivity index (χ1v) is 8.94. The molecule has 0 saturated heterocycles. The number of guanidine groups is 1. The zero-order chi connectivity index (χ0) is 18.4. The van der Waals surface area contributed by atoms with Crippen molar-refractivity contribution in [2.24, 2.45) is 4.99 Å². The lowest BCUT2D eigenvalue weighted by atomic mass is 10.1. The summed E-state index contributed by atoms with van der Waals surface area (Å²) in [5.41, 5.74) is 2.05. The van der Waals surface area contributed by atoms with Crippen LogP contribution in [0.25, 0.3) is 0 Å². The van der Waals surface area contributed by atoms with Gasteiger partial charge in [0, 0.05) is 26.1 Å². The predicted molar refractivity (Wildman–Crippen MR) is 99.7 cm³/mol. The fourth-order valence-electron chi connectivity index (χ4n) is 2.58. The summed E-state index contributed by atoms with van der Waals surface area (Å²) in [6.45, 7) is 6.71. The van der Waals surface area contributed by atoms with E-state index in [1.807, 2.05) is 24.3 Å². The van der Waals surface area contributed by atoms with E-state index >= 15 is 0 Å². The Bertz CT molecular complexity index is 755. The van der Waals surface area contributed by atoms with Gasteiger partial charge in [0.2, 0.25) is 0 Å². The molecule has 0 bridgehead atoms. The summed E-state index contributed by atoms with van der Waals surface area (Å²) in [7, 11) is 1.74. The third kappa shape index (κ3) is 4.68. The highest BCUT2D eigenvalue weighted by Gasteiger charge is 2.11. The van der Waals surface area contributed by atoms with Crippen LogP contribution in [0.1, 0.15) is 43.2 Å². The number of aliphatic imine (C=N–C) groups is 1. The van der Waals surface area contributed by atoms with Gasteiger partial charge in [0.1, 0.15) is 0 Å². The molecule has 3 rings (SSSR count). The van der Waals surface area contributed by atoms with Gasteiger partial charge in [0.25, 0.3) is 0 Å². The summed E-state index contributed by atoms with van der Waals surface area (Å²) in [6.07, 6.45) is 0.902. The number of fused-ring (bicyclic) bond motifs is 1. The standard InChI is InChI=1S/C19H26N4O3/c1-13(2)16-10-15(26-23-16)12-22-19(20-3)21-11-14-5-6-17-18(9-14)25-8-4-7-24-17/h5-6,9-10,13H,4,7-8,11-12H2,1-3H3,(H2,20,21,22). The molecule has 0 saturated carbocycles. The quantitative estimate of drug-likeness (QED) is 0.632. The summed E-state index contributed by atoms with van der Waals surface area (Å²) < 4.78 is 16.7. The summed E-state index contributed by atoms with van der Waals surface area (Å²) in [5, 5.41) is 10.6. The van der Waals surface area contributed by atoms with Crippen molar-refractivity contribution in [1.82, 2.24) is 15.8 Å². The molecule has 26 heavy (non-hydrogen) atoms. The molecule has 0 amide bonds. The monoisotopic (exact) mass is 358 g/mol. The second-order valence-electron chi connectivity index (χ2n) is 6.48. The Morgan fingerprint density at radius 1 is 1.12 bits per heavy atom. The summed E-state index contributed by atoms with van der Waals surface area (Å²) in [5.74, 6) is 3.43. The van der Waals surface area contributed by atoms with Crippen LogP contribution in [-0.2, 0) is 13.1 Å². The summed E-state index contributed by atoms with van der Waals surface area (Å²) >= 11 is 0. The molecule has 0 spiro atoms. The van der Waals surface area contributed by atoms with Crippen LogP contribution in [0.3, 0.4) is 0 Å². The molecular weight excluding hydrogens is 332 g/mol. The van der Waals surface area contributed by atoms with Crippen molar-refractivity contribution >= 4 is 5.96 Å². The zero-order valence-electron chi connectivity index (χ0n) is 15.5. The molecule has 2 N–H and O–H groups in total. The highest BCUT2D eigenvalue weighted by molar-refractivity contribution is 5.79. The van der Waals surface area contributed by atoms with Crippen LogP contribution < -0.4 is 20.1 Å². The van der Waals surface area contributed by atoms with Gasteiger partial charge in [0.05, 0.1) is 25.5 Å². The SMILES string of the molecule is CN=C(NCc1ccc2c(c1)OCCCO2)NCc1cc(C(C)C)no1. The molecule has 7 heteroatoms. The fraction of sp³-hybridized carbons (Fsp3) is 0.474. The van der Waals surface area contributed by atoms with Crippen LogP contribution >= 0.6 is 0 Å². The highest BCUT2D eigenvalue weighted by Crippen LogP contribution is 2.30. The fourth-order valence-corrected chi connectivity index (χ4v) is 2.58. The predicted octanol–water partition coefficient (Wildman–Crippen LogP) is 2.82. The van der Waals surface area contributed by atoms with E-state index in [0.29, 0.717) is 38.2 Å². The summed E-state index contributed by atoms with van der Waals surface area (Å²) in [4.78, 5) is 4.24. The van der Waals surface area contributed by atoms with Crippen molar-refractivity contribution in [3.63, 3.8) is 0 Å². The van der Waals surface area contributed by atoms with Gasteiger partial charge in [-0.15, -0.1) is 0 Å². The molecule has 2 aromatic rings. The van der Waals surface area contributed by atoms with Crippen LogP contribution in [0.4, 0.5) is 0 Å². The number of aromatic nitrogens is 1. The minimum atomic E-state index is 0.351. The van der Waals surface area contributed by atoms with Crippen LogP contribution in [0.15, 0.2) is 33.8 Å². The molecule has 140 valence electrons. The van der Waals surface area contributed by atoms with Crippen molar-refractivity contribution in [3.05, 3.63) is 41.3 Å². The Balaban J connectivity index is 1.53. The first-order valence-electron chi connectivity index (χ1n) is 8.94. The average molecular weight is 358 g/mol. The van der Waals surface area contributed by atoms with Gasteiger partial charge in [-0.05, 0) is 23.6 Å². The zero-order valence-corrected chi connectivity index (χ0v) is 15.5. The van der Waals surface area contributed by atoms with E-state index < -0.39 is 0 Å². The number of hydrogen-bond acceptors (Lipinski definition) is 5. The van der Waals surface area contributed by atoms with E-state index in [1.54, 1.807) is 7.05 Å². The van der Waals surface area contributed by atoms with Crippen LogP contribution in [0, 0.1) is 0 Å². The first-order chi connectivity index (χ1) is 12.7. The average Bonchev–Trinajstić information content (AvgIpc) is 3.00. The Kier molecular flexibility index (Phi) is 5.99. The van der Waals surface area contributed by atoms with E-state index in [1.165, 1.54) is 0 Å². The van der Waals surface area contributed by atoms with Gasteiger partial charge < -0.3 is 24.6 Å². The second-order valence-corrected chi connectivity index (χ2v) is 6.48. The van der Waals surface area contributed by atoms with Crippen molar-refractivity contribution in [1.29, 1.82) is 0 Å². The van der Waals surface area contributed by atoms with Crippen LogP contribution in [0.5, 0.6) is 11.5 Å². The maximum atomic E-state index is 5.73. The van der Waals surface area contributed by atoms with Gasteiger partial charge in [0.15, 0.2) is 23.2 Å². The van der Waals surface area contributed by atoms with E-state index in [-0.39, 0.29) is 0 Å². The van der Waals surface area contributed by atoms with Gasteiger partial charge in [-0.1, -0.05) is 25.1 Å². The van der Waals surface area contributed by atoms with Crippen LogP contribution in [0.2, 0.25) is 0 Å². The van der Waals surface area contributed by atoms with Gasteiger partial charge >= 0.3 is 0 Å². The van der Waals surface area contributed by atoms with E-state index in [9.17, 15) is 0 Å². The third-order valence-corrected chi connectivity index (χ3v) is 4.09. The third-order valence-electron chi connectivity index (χ3n) is 4.09. The van der Waals surface area contributed by atoms with Crippen LogP contribution in [-0.4, -0.2) is 31.4 Å². The molecule has 0 aliphatic carbocycles. The Morgan fingerprint density at radius 3 is 2.62 bits per heavy atom. The van der Waals surface area contributed by atoms with E-state index in [0.717, 1.165) is 34.9 Å². The maximum Gasteiger partial charge on any atom is 0.191 e. The maximum absolute atomic E-state index is 5.73. The first kappa shape index (κ1) is 18.1. The molecule has 2 heterocycles. The molecule has 1 aromatic carbocycles. The largest absolute Gasteiger partial charge is 0.490 e. The molecule has 1 aliphatic heterocycles. The minimum Gasteiger partial charge on any atom is -0.490 e. The minimum absolute atomic E-state index is 0.351. The van der Waals surface area contributed by atoms with Crippen molar-refractivity contribution < 1.29 is 14.0 Å². The van der Waals surface area contributed by atoms with Gasteiger partial charge in [-0.3, -0.25) is 4.99 Å². The van der Waals surface area contributed by atoms with Crippen molar-refractivity contribution in [2.75, 3.05) is 20.3 Å². The number of hydrogen-bond donors (Lipinski definition) is 2. The van der Waals surface area contributed by atoms with Gasteiger partial charge in [-0.25, -0.2) is 0 Å². The van der Waals surface area contributed by atoms with E-state index in [2.05, 4.69) is 34.6 Å². The van der Waals surface area contributed by atoms with Gasteiger partial charge in [-0.2, -0.15) is 0 Å². The Hall–Kier alpha value is -2.70. The molecule has 0 fully saturated rings. The van der Waals surface area contributed by atoms with Crippen molar-refractivity contribution in [3.8, 4) is 11.5 Å². The molecular formula is C19H26N4O3. The number of ether oxygens (including phenoxy) is 2. The number of nitrogens with one attached hydrogen (secondary N) is 2. The molecule has 0 unspecified atom stereocenters. The lowest BCUT2D eigenvalue weighted by molar-refractivity contribution is 0.297. The molecule has 1 aromatic heterocycles. The van der Waals surface area contributed by atoms with Crippen molar-refractivity contribution in [2.45, 2.75) is 39.3 Å². The lowest BCUT2D eigenvalue weighted by Crippen LogP contribution is -2.36. The molecule has 0 atom stereocenters. The number of nitrogens with zero attached hydrogens (tertiary/aromatic N) is 2.